The molecule has 0 radical (unpaired) electrons. The smallest absolute Gasteiger partial charge is 0.0170 e. The van der Waals surface area contributed by atoms with E-state index in [0.717, 1.165) is 12.8 Å². The first kappa shape index (κ1) is 26.6. The first-order chi connectivity index (χ1) is 18.9. The predicted octanol–water partition coefficient (Wildman–Crippen LogP) is 11.1. The zero-order valence-corrected chi connectivity index (χ0v) is 26.4. The van der Waals surface area contributed by atoms with Crippen LogP contribution < -0.4 is 0 Å². The molecule has 0 aromatic heterocycles. The van der Waals surface area contributed by atoms with Crippen molar-refractivity contribution in [3.8, 4) is 0 Å². The van der Waals surface area contributed by atoms with Crippen molar-refractivity contribution < 1.29 is 0 Å². The van der Waals surface area contributed by atoms with E-state index in [0.29, 0.717) is 0 Å². The highest BCUT2D eigenvalue weighted by molar-refractivity contribution is 5.67. The molecule has 40 heavy (non-hydrogen) atoms. The van der Waals surface area contributed by atoms with E-state index in [2.05, 4.69) is 128 Å². The van der Waals surface area contributed by atoms with Gasteiger partial charge in [-0.25, -0.2) is 0 Å². The summed E-state index contributed by atoms with van der Waals surface area (Å²) in [6, 6.07) is 0. The second kappa shape index (κ2) is 7.93. The second-order valence-corrected chi connectivity index (χ2v) is 15.6. The van der Waals surface area contributed by atoms with E-state index in [-0.39, 0.29) is 37.9 Å². The van der Waals surface area contributed by atoms with Gasteiger partial charge < -0.3 is 0 Å². The molecule has 0 saturated heterocycles. The van der Waals surface area contributed by atoms with Crippen molar-refractivity contribution >= 4 is 0 Å². The molecule has 3 saturated carbocycles. The van der Waals surface area contributed by atoms with Crippen LogP contribution in [0.25, 0.3) is 0 Å². The Labute approximate surface area is 244 Å². The monoisotopic (exact) mass is 530 g/mol. The molecule has 7 aliphatic rings. The lowest BCUT2D eigenvalue weighted by Gasteiger charge is -2.79. The molecule has 0 aliphatic heterocycles. The Morgan fingerprint density at radius 2 is 1.23 bits per heavy atom. The standard InChI is InChI=1S/C40H50/c1-28-33(30-20-12-13-21-30)32(29-18-10-9-11-19-29)26-31-27-38(6)36(4)24-15-14-22-34(36,2)35(3)23-16-17-25-37(35,5)40(38,8)39(28,31)7/h12-17,20,22-26H,9-11,18-19,21,27H2,1-8H3. The van der Waals surface area contributed by atoms with Crippen LogP contribution >= 0.6 is 0 Å². The van der Waals surface area contributed by atoms with Crippen LogP contribution in [-0.2, 0) is 0 Å². The zero-order valence-electron chi connectivity index (χ0n) is 26.4. The quantitative estimate of drug-likeness (QED) is 0.316. The van der Waals surface area contributed by atoms with Gasteiger partial charge in [-0.2, -0.15) is 0 Å². The molecule has 0 N–H and O–H groups in total. The van der Waals surface area contributed by atoms with Gasteiger partial charge in [0.1, 0.15) is 0 Å². The summed E-state index contributed by atoms with van der Waals surface area (Å²) in [6.07, 6.45) is 38.5. The average Bonchev–Trinajstić information content (AvgIpc) is 3.54. The van der Waals surface area contributed by atoms with E-state index in [9.17, 15) is 0 Å². The van der Waals surface area contributed by atoms with Crippen LogP contribution in [0, 0.1) is 37.9 Å². The molecule has 7 unspecified atom stereocenters. The van der Waals surface area contributed by atoms with Crippen LogP contribution in [0.3, 0.4) is 0 Å². The fourth-order valence-corrected chi connectivity index (χ4v) is 12.0. The molecule has 210 valence electrons. The molecule has 0 amide bonds. The maximum Gasteiger partial charge on any atom is 0.0170 e. The lowest BCUT2D eigenvalue weighted by atomic mass is 9.24. The van der Waals surface area contributed by atoms with Gasteiger partial charge in [-0.3, -0.25) is 0 Å². The Morgan fingerprint density at radius 1 is 0.650 bits per heavy atom. The third kappa shape index (κ3) is 2.51. The molecule has 0 heterocycles. The largest absolute Gasteiger partial charge is 0.0801 e. The van der Waals surface area contributed by atoms with Gasteiger partial charge in [-0.05, 0) is 73.0 Å². The van der Waals surface area contributed by atoms with E-state index in [1.54, 1.807) is 33.4 Å². The molecular formula is C40H50. The number of rotatable bonds is 1. The van der Waals surface area contributed by atoms with Crippen molar-refractivity contribution in [2.24, 2.45) is 37.9 Å². The number of allylic oxidation sites excluding steroid dienone is 18. The van der Waals surface area contributed by atoms with Gasteiger partial charge in [0.05, 0.1) is 0 Å². The summed E-state index contributed by atoms with van der Waals surface area (Å²) in [4.78, 5) is 0. The van der Waals surface area contributed by atoms with Crippen LogP contribution in [0.15, 0.2) is 106 Å². The van der Waals surface area contributed by atoms with Crippen LogP contribution in [0.5, 0.6) is 0 Å². The summed E-state index contributed by atoms with van der Waals surface area (Å²) in [5.41, 5.74) is 9.71. The van der Waals surface area contributed by atoms with Gasteiger partial charge in [-0.1, -0.05) is 145 Å². The molecule has 0 bridgehead atoms. The maximum absolute atomic E-state index is 2.75. The first-order valence-corrected chi connectivity index (χ1v) is 16.1. The molecule has 0 heteroatoms. The van der Waals surface area contributed by atoms with Gasteiger partial charge in [0, 0.05) is 27.1 Å². The Bertz CT molecular complexity index is 1470. The van der Waals surface area contributed by atoms with E-state index < -0.39 is 0 Å². The molecule has 0 aromatic rings. The van der Waals surface area contributed by atoms with E-state index in [4.69, 9.17) is 0 Å². The summed E-state index contributed by atoms with van der Waals surface area (Å²) in [6.45, 7) is 21.0. The Hall–Kier alpha value is -2.34. The Morgan fingerprint density at radius 3 is 1.82 bits per heavy atom. The topological polar surface area (TPSA) is 0 Å². The molecule has 0 nitrogen and oxygen atoms in total. The molecule has 0 spiro atoms. The number of hydrogen-bond acceptors (Lipinski definition) is 0. The van der Waals surface area contributed by atoms with Crippen molar-refractivity contribution in [1.82, 2.24) is 0 Å². The van der Waals surface area contributed by atoms with Crippen molar-refractivity contribution in [3.05, 3.63) is 106 Å². The first-order valence-electron chi connectivity index (χ1n) is 16.1. The van der Waals surface area contributed by atoms with E-state index >= 15 is 0 Å². The highest BCUT2D eigenvalue weighted by Gasteiger charge is 2.84. The van der Waals surface area contributed by atoms with Gasteiger partial charge in [0.2, 0.25) is 0 Å². The predicted molar refractivity (Wildman–Crippen MR) is 171 cm³/mol. The lowest BCUT2D eigenvalue weighted by molar-refractivity contribution is -0.261. The van der Waals surface area contributed by atoms with E-state index in [1.807, 2.05) is 0 Å². The third-order valence-electron chi connectivity index (χ3n) is 15.3. The van der Waals surface area contributed by atoms with Crippen LogP contribution in [0.2, 0.25) is 0 Å². The van der Waals surface area contributed by atoms with Gasteiger partial charge in [0.15, 0.2) is 0 Å². The minimum absolute atomic E-state index is 0.00123. The summed E-state index contributed by atoms with van der Waals surface area (Å²) < 4.78 is 0. The minimum Gasteiger partial charge on any atom is -0.0801 e. The highest BCUT2D eigenvalue weighted by Crippen LogP contribution is 2.89. The van der Waals surface area contributed by atoms with Crippen molar-refractivity contribution in [1.29, 1.82) is 0 Å². The van der Waals surface area contributed by atoms with Gasteiger partial charge >= 0.3 is 0 Å². The number of hydrogen-bond donors (Lipinski definition) is 0. The molecule has 7 rings (SSSR count). The number of fused-ring (bicyclic) bond motifs is 8. The summed E-state index contributed by atoms with van der Waals surface area (Å²) in [5.74, 6) is 0. The highest BCUT2D eigenvalue weighted by atomic mass is 14.9. The fourth-order valence-electron chi connectivity index (χ4n) is 12.0. The van der Waals surface area contributed by atoms with Gasteiger partial charge in [-0.15, -0.1) is 0 Å². The maximum atomic E-state index is 2.75. The Kier molecular flexibility index (Phi) is 5.27. The normalized spacial score (nSPS) is 48.6. The van der Waals surface area contributed by atoms with Crippen LogP contribution in [-0.4, -0.2) is 0 Å². The van der Waals surface area contributed by atoms with Crippen molar-refractivity contribution in [2.75, 3.05) is 0 Å². The molecule has 0 aromatic carbocycles. The minimum atomic E-state index is -0.0399. The van der Waals surface area contributed by atoms with Crippen molar-refractivity contribution in [2.45, 2.75) is 100 Å². The lowest BCUT2D eigenvalue weighted by Crippen LogP contribution is -2.74. The second-order valence-electron chi connectivity index (χ2n) is 15.6. The van der Waals surface area contributed by atoms with Crippen LogP contribution in [0.4, 0.5) is 0 Å². The SMILES string of the molecule is CC1=C(C2=CC=CC2)C(=C2CCCCC2)C=C2CC3(C)C4(C)C=CC=CC4(C)C4(C)C=CC=CC4(C)C3(C)C21C. The summed E-state index contributed by atoms with van der Waals surface area (Å²) in [7, 11) is 0. The molecule has 7 atom stereocenters. The molecule has 3 fully saturated rings. The summed E-state index contributed by atoms with van der Waals surface area (Å²) >= 11 is 0. The van der Waals surface area contributed by atoms with Crippen molar-refractivity contribution in [3.63, 3.8) is 0 Å². The average molecular weight is 531 g/mol. The van der Waals surface area contributed by atoms with Gasteiger partial charge in [0.25, 0.3) is 0 Å². The summed E-state index contributed by atoms with van der Waals surface area (Å²) in [5, 5.41) is 0. The molecular weight excluding hydrogens is 480 g/mol. The third-order valence-corrected chi connectivity index (χ3v) is 15.3. The molecule has 7 aliphatic carbocycles. The van der Waals surface area contributed by atoms with Crippen LogP contribution in [0.1, 0.15) is 100 Å². The van der Waals surface area contributed by atoms with E-state index in [1.165, 1.54) is 32.1 Å². The Balaban J connectivity index is 1.58. The fraction of sp³-hybridized carbons (Fsp3) is 0.550. The zero-order chi connectivity index (χ0) is 28.4.